The van der Waals surface area contributed by atoms with Crippen LogP contribution < -0.4 is 15.6 Å². The monoisotopic (exact) mass is 327 g/mol. The summed E-state index contributed by atoms with van der Waals surface area (Å²) in [5, 5.41) is 3.67. The summed E-state index contributed by atoms with van der Waals surface area (Å²) in [5.74, 6) is 0.273. The predicted octanol–water partition coefficient (Wildman–Crippen LogP) is 3.63. The number of fused-ring (bicyclic) bond motifs is 1. The van der Waals surface area contributed by atoms with Crippen molar-refractivity contribution in [1.82, 2.24) is 9.97 Å². The van der Waals surface area contributed by atoms with Crippen LogP contribution in [-0.4, -0.2) is 16.6 Å². The van der Waals surface area contributed by atoms with Crippen molar-refractivity contribution in [2.75, 3.05) is 11.9 Å². The van der Waals surface area contributed by atoms with E-state index >= 15 is 0 Å². The van der Waals surface area contributed by atoms with E-state index in [1.165, 1.54) is 6.07 Å². The maximum atomic E-state index is 13.9. The van der Waals surface area contributed by atoms with Gasteiger partial charge in [-0.25, -0.2) is 9.37 Å². The van der Waals surface area contributed by atoms with Crippen LogP contribution in [0.4, 0.5) is 10.1 Å². The lowest BCUT2D eigenvalue weighted by Gasteiger charge is -2.15. The molecule has 0 bridgehead atoms. The first-order valence-electron chi connectivity index (χ1n) is 7.76. The number of halogens is 1. The maximum absolute atomic E-state index is 13.9. The normalized spacial score (nSPS) is 12.1. The Morgan fingerprint density at radius 3 is 2.83 bits per heavy atom. The smallest absolute Gasteiger partial charge is 0.258 e. The van der Waals surface area contributed by atoms with Gasteiger partial charge in [-0.15, -0.1) is 0 Å². The largest absolute Gasteiger partial charge is 0.491 e. The van der Waals surface area contributed by atoms with Crippen LogP contribution in [0.15, 0.2) is 47.3 Å². The van der Waals surface area contributed by atoms with E-state index in [4.69, 9.17) is 4.74 Å². The minimum atomic E-state index is -0.436. The van der Waals surface area contributed by atoms with Crippen molar-refractivity contribution in [3.05, 3.63) is 64.5 Å². The summed E-state index contributed by atoms with van der Waals surface area (Å²) in [5.41, 5.74) is 1.02. The van der Waals surface area contributed by atoms with E-state index in [1.807, 2.05) is 13.0 Å². The summed E-state index contributed by atoms with van der Waals surface area (Å²) in [7, 11) is 0. The second-order valence-electron chi connectivity index (χ2n) is 5.41. The standard InChI is InChI=1S/C18H18FN3O2/c1-3-24-16-9-8-12(10-14(16)19)20-11(2)17-21-15-7-5-4-6-13(15)18(23)22-17/h4-11,20H,3H2,1-2H3,(H,21,22,23). The average Bonchev–Trinajstić information content (AvgIpc) is 2.57. The number of nitrogens with zero attached hydrogens (tertiary/aromatic N) is 1. The number of benzene rings is 2. The fourth-order valence-electron chi connectivity index (χ4n) is 2.49. The molecule has 0 aliphatic rings. The Labute approximate surface area is 138 Å². The summed E-state index contributed by atoms with van der Waals surface area (Å²) in [6.07, 6.45) is 0. The van der Waals surface area contributed by atoms with Gasteiger partial charge in [0, 0.05) is 11.8 Å². The van der Waals surface area contributed by atoms with Crippen molar-refractivity contribution in [3.63, 3.8) is 0 Å². The molecule has 0 aliphatic heterocycles. The Morgan fingerprint density at radius 1 is 1.29 bits per heavy atom. The molecule has 1 unspecified atom stereocenters. The van der Waals surface area contributed by atoms with Crippen LogP contribution in [0.25, 0.3) is 10.9 Å². The van der Waals surface area contributed by atoms with E-state index in [1.54, 1.807) is 37.3 Å². The highest BCUT2D eigenvalue weighted by atomic mass is 19.1. The number of para-hydroxylation sites is 1. The molecular formula is C18H18FN3O2. The first-order valence-corrected chi connectivity index (χ1v) is 7.76. The minimum absolute atomic E-state index is 0.192. The molecule has 3 aromatic rings. The number of H-pyrrole nitrogens is 1. The third-order valence-corrected chi connectivity index (χ3v) is 3.66. The molecule has 24 heavy (non-hydrogen) atoms. The summed E-state index contributed by atoms with van der Waals surface area (Å²) < 4.78 is 19.1. The van der Waals surface area contributed by atoms with Crippen molar-refractivity contribution in [2.45, 2.75) is 19.9 Å². The van der Waals surface area contributed by atoms with Crippen molar-refractivity contribution >= 4 is 16.6 Å². The second-order valence-corrected chi connectivity index (χ2v) is 5.41. The van der Waals surface area contributed by atoms with Gasteiger partial charge in [-0.3, -0.25) is 4.79 Å². The Morgan fingerprint density at radius 2 is 2.08 bits per heavy atom. The van der Waals surface area contributed by atoms with Crippen LogP contribution in [-0.2, 0) is 0 Å². The van der Waals surface area contributed by atoms with Gasteiger partial charge < -0.3 is 15.0 Å². The highest BCUT2D eigenvalue weighted by Gasteiger charge is 2.12. The number of aromatic amines is 1. The van der Waals surface area contributed by atoms with E-state index in [2.05, 4.69) is 15.3 Å². The molecular weight excluding hydrogens is 309 g/mol. The molecule has 0 radical (unpaired) electrons. The first kappa shape index (κ1) is 16.0. The van der Waals surface area contributed by atoms with E-state index < -0.39 is 5.82 Å². The molecule has 0 fully saturated rings. The van der Waals surface area contributed by atoms with Crippen molar-refractivity contribution in [3.8, 4) is 5.75 Å². The van der Waals surface area contributed by atoms with E-state index in [9.17, 15) is 9.18 Å². The average molecular weight is 327 g/mol. The number of ether oxygens (including phenoxy) is 1. The number of rotatable bonds is 5. The topological polar surface area (TPSA) is 67.0 Å². The molecule has 6 heteroatoms. The van der Waals surface area contributed by atoms with Gasteiger partial charge in [0.15, 0.2) is 11.6 Å². The number of nitrogens with one attached hydrogen (secondary N) is 2. The molecule has 1 atom stereocenters. The van der Waals surface area contributed by atoms with Crippen LogP contribution in [0.5, 0.6) is 5.75 Å². The van der Waals surface area contributed by atoms with E-state index in [-0.39, 0.29) is 17.4 Å². The fraction of sp³-hybridized carbons (Fsp3) is 0.222. The minimum Gasteiger partial charge on any atom is -0.491 e. The number of hydrogen-bond donors (Lipinski definition) is 2. The van der Waals surface area contributed by atoms with Gasteiger partial charge >= 0.3 is 0 Å². The molecule has 3 rings (SSSR count). The summed E-state index contributed by atoms with van der Waals surface area (Å²) in [6, 6.07) is 11.5. The van der Waals surface area contributed by atoms with Crippen LogP contribution in [0.2, 0.25) is 0 Å². The van der Waals surface area contributed by atoms with Gasteiger partial charge in [-0.2, -0.15) is 0 Å². The van der Waals surface area contributed by atoms with Gasteiger partial charge in [0.2, 0.25) is 0 Å². The maximum Gasteiger partial charge on any atom is 0.258 e. The van der Waals surface area contributed by atoms with Crippen molar-refractivity contribution in [2.24, 2.45) is 0 Å². The molecule has 2 aromatic carbocycles. The molecule has 0 saturated carbocycles. The summed E-state index contributed by atoms with van der Waals surface area (Å²) >= 11 is 0. The quantitative estimate of drug-likeness (QED) is 0.751. The third kappa shape index (κ3) is 3.22. The molecule has 0 amide bonds. The molecule has 0 spiro atoms. The van der Waals surface area contributed by atoms with Gasteiger partial charge in [0.1, 0.15) is 5.82 Å². The van der Waals surface area contributed by atoms with Gasteiger partial charge in [-0.1, -0.05) is 12.1 Å². The Hall–Kier alpha value is -2.89. The van der Waals surface area contributed by atoms with E-state index in [0.29, 0.717) is 29.0 Å². The highest BCUT2D eigenvalue weighted by molar-refractivity contribution is 5.77. The van der Waals surface area contributed by atoms with Gasteiger partial charge in [0.25, 0.3) is 5.56 Å². The molecule has 5 nitrogen and oxygen atoms in total. The zero-order chi connectivity index (χ0) is 17.1. The van der Waals surface area contributed by atoms with Gasteiger partial charge in [0.05, 0.1) is 23.6 Å². The lowest BCUT2D eigenvalue weighted by molar-refractivity contribution is 0.321. The van der Waals surface area contributed by atoms with E-state index in [0.717, 1.165) is 0 Å². The molecule has 124 valence electrons. The third-order valence-electron chi connectivity index (χ3n) is 3.66. The molecule has 1 heterocycles. The molecule has 2 N–H and O–H groups in total. The zero-order valence-corrected chi connectivity index (χ0v) is 13.5. The molecule has 0 saturated heterocycles. The zero-order valence-electron chi connectivity index (χ0n) is 13.5. The first-order chi connectivity index (χ1) is 11.6. The Kier molecular flexibility index (Phi) is 4.46. The lowest BCUT2D eigenvalue weighted by Crippen LogP contribution is -2.17. The number of aromatic nitrogens is 2. The van der Waals surface area contributed by atoms with Gasteiger partial charge in [-0.05, 0) is 38.1 Å². The number of anilines is 1. The van der Waals surface area contributed by atoms with Crippen LogP contribution in [0.1, 0.15) is 25.7 Å². The fourth-order valence-corrected chi connectivity index (χ4v) is 2.49. The SMILES string of the molecule is CCOc1ccc(NC(C)c2nc3ccccc3c(=O)[nH]2)cc1F. The number of hydrogen-bond acceptors (Lipinski definition) is 4. The lowest BCUT2D eigenvalue weighted by atomic mass is 10.2. The van der Waals surface area contributed by atoms with Crippen LogP contribution in [0, 0.1) is 5.82 Å². The summed E-state index contributed by atoms with van der Waals surface area (Å²) in [4.78, 5) is 19.4. The predicted molar refractivity (Wildman–Crippen MR) is 92.0 cm³/mol. The van der Waals surface area contributed by atoms with Crippen molar-refractivity contribution in [1.29, 1.82) is 0 Å². The molecule has 1 aromatic heterocycles. The summed E-state index contributed by atoms with van der Waals surface area (Å²) in [6.45, 7) is 4.05. The second kappa shape index (κ2) is 6.70. The Bertz CT molecular complexity index is 924. The van der Waals surface area contributed by atoms with Crippen LogP contribution >= 0.6 is 0 Å². The Balaban J connectivity index is 1.86. The molecule has 0 aliphatic carbocycles. The van der Waals surface area contributed by atoms with Crippen LogP contribution in [0.3, 0.4) is 0 Å². The van der Waals surface area contributed by atoms with Crippen molar-refractivity contribution < 1.29 is 9.13 Å². The highest BCUT2D eigenvalue weighted by Crippen LogP contribution is 2.24.